The fourth-order valence-corrected chi connectivity index (χ4v) is 8.64. The molecule has 11 unspecified atom stereocenters. The van der Waals surface area contributed by atoms with Crippen molar-refractivity contribution in [1.29, 1.82) is 5.26 Å². The van der Waals surface area contributed by atoms with E-state index in [4.69, 9.17) is 4.74 Å². The van der Waals surface area contributed by atoms with Gasteiger partial charge in [0.2, 0.25) is 5.91 Å². The van der Waals surface area contributed by atoms with Crippen LogP contribution < -0.4 is 26.9 Å². The van der Waals surface area contributed by atoms with Gasteiger partial charge in [-0.25, -0.2) is 19.6 Å². The highest BCUT2D eigenvalue weighted by Gasteiger charge is 2.57. The molecule has 2 bridgehead atoms. The SMILES string of the molecule is C=CC(=O)N1CC(C)N(C2NC(=O)N3C4NC(C(F)CC24)C2CNNN2CCCOC2CCNC(C(C)C)C23)CC1CC#N. The molecule has 0 radical (unpaired) electrons. The third kappa shape index (κ3) is 5.72. The predicted molar refractivity (Wildman–Crippen MR) is 161 cm³/mol. The van der Waals surface area contributed by atoms with E-state index in [9.17, 15) is 14.9 Å². The monoisotopic (exact) mass is 616 g/mol. The van der Waals surface area contributed by atoms with E-state index in [1.807, 2.05) is 11.8 Å². The summed E-state index contributed by atoms with van der Waals surface area (Å²) in [7, 11) is 0. The minimum atomic E-state index is -1.14. The minimum absolute atomic E-state index is 0.0155. The maximum absolute atomic E-state index is 16.5. The van der Waals surface area contributed by atoms with Crippen molar-refractivity contribution in [3.63, 3.8) is 0 Å². The van der Waals surface area contributed by atoms with E-state index in [1.54, 1.807) is 4.90 Å². The largest absolute Gasteiger partial charge is 0.376 e. The average Bonchev–Trinajstić information content (AvgIpc) is 3.47. The number of nitrogens with zero attached hydrogens (tertiary/aromatic N) is 5. The maximum Gasteiger partial charge on any atom is 0.320 e. The first-order valence-corrected chi connectivity index (χ1v) is 16.4. The van der Waals surface area contributed by atoms with Gasteiger partial charge < -0.3 is 25.2 Å². The number of halogens is 1. The smallest absolute Gasteiger partial charge is 0.320 e. The van der Waals surface area contributed by atoms with Crippen LogP contribution in [0.15, 0.2) is 12.7 Å². The van der Waals surface area contributed by atoms with E-state index >= 15 is 4.39 Å². The number of rotatable bonds is 4. The van der Waals surface area contributed by atoms with Crippen molar-refractivity contribution in [2.45, 2.75) is 107 Å². The minimum Gasteiger partial charge on any atom is -0.376 e. The summed E-state index contributed by atoms with van der Waals surface area (Å²) in [5.74, 6) is -0.239. The first-order valence-electron chi connectivity index (χ1n) is 16.4. The summed E-state index contributed by atoms with van der Waals surface area (Å²) in [6.07, 6.45) is 1.11. The van der Waals surface area contributed by atoms with Crippen molar-refractivity contribution >= 4 is 11.9 Å². The molecule has 14 heteroatoms. The molecular weight excluding hydrogens is 567 g/mol. The topological polar surface area (TPSA) is 140 Å². The molecule has 0 aromatic rings. The van der Waals surface area contributed by atoms with Crippen LogP contribution in [-0.4, -0.2) is 132 Å². The number of nitrogens with one attached hydrogen (secondary N) is 5. The van der Waals surface area contributed by atoms with Crippen LogP contribution in [-0.2, 0) is 9.53 Å². The molecule has 5 N–H and O–H groups in total. The van der Waals surface area contributed by atoms with Crippen molar-refractivity contribution < 1.29 is 18.7 Å². The Hall–Kier alpha value is -2.38. The van der Waals surface area contributed by atoms with Crippen LogP contribution in [0.25, 0.3) is 0 Å². The second-order valence-corrected chi connectivity index (χ2v) is 13.6. The van der Waals surface area contributed by atoms with E-state index in [0.29, 0.717) is 26.2 Å². The van der Waals surface area contributed by atoms with Gasteiger partial charge >= 0.3 is 6.03 Å². The van der Waals surface area contributed by atoms with Gasteiger partial charge in [-0.1, -0.05) is 20.4 Å². The van der Waals surface area contributed by atoms with Crippen molar-refractivity contribution in [2.75, 3.05) is 39.3 Å². The summed E-state index contributed by atoms with van der Waals surface area (Å²) in [6.45, 7) is 13.5. The van der Waals surface area contributed by atoms with E-state index in [-0.39, 0.29) is 72.9 Å². The number of hydrogen-bond acceptors (Lipinski definition) is 10. The van der Waals surface area contributed by atoms with Gasteiger partial charge in [0, 0.05) is 50.8 Å². The molecule has 0 aromatic heterocycles. The summed E-state index contributed by atoms with van der Waals surface area (Å²) < 4.78 is 23.0. The molecule has 13 nitrogen and oxygen atoms in total. The number of hydrazine groups is 2. The summed E-state index contributed by atoms with van der Waals surface area (Å²) >= 11 is 0. The van der Waals surface area contributed by atoms with E-state index in [1.165, 1.54) is 6.08 Å². The third-order valence-electron chi connectivity index (χ3n) is 10.7. The molecule has 244 valence electrons. The lowest BCUT2D eigenvalue weighted by atomic mass is 9.79. The Bertz CT molecular complexity index is 1120. The third-order valence-corrected chi connectivity index (χ3v) is 10.7. The van der Waals surface area contributed by atoms with Gasteiger partial charge in [-0.2, -0.15) is 10.8 Å². The van der Waals surface area contributed by atoms with Crippen molar-refractivity contribution in [1.82, 2.24) is 46.6 Å². The van der Waals surface area contributed by atoms with Crippen LogP contribution in [0.2, 0.25) is 0 Å². The second kappa shape index (κ2) is 13.2. The average molecular weight is 617 g/mol. The first-order chi connectivity index (χ1) is 21.2. The number of carbonyl (C=O) groups is 2. The summed E-state index contributed by atoms with van der Waals surface area (Å²) in [6, 6.07) is 0.720. The molecule has 0 saturated carbocycles. The van der Waals surface area contributed by atoms with Gasteiger partial charge in [0.05, 0.1) is 55.1 Å². The molecule has 6 rings (SSSR count). The van der Waals surface area contributed by atoms with Crippen LogP contribution in [0.3, 0.4) is 0 Å². The van der Waals surface area contributed by atoms with Gasteiger partial charge in [0.25, 0.3) is 0 Å². The molecular formula is C30H49FN10O3. The Morgan fingerprint density at radius 2 is 2.11 bits per heavy atom. The second-order valence-electron chi connectivity index (χ2n) is 13.6. The predicted octanol–water partition coefficient (Wildman–Crippen LogP) is -0.150. The van der Waals surface area contributed by atoms with E-state index < -0.39 is 24.5 Å². The molecule has 6 saturated heterocycles. The van der Waals surface area contributed by atoms with Crippen LogP contribution in [0, 0.1) is 23.2 Å². The zero-order valence-corrected chi connectivity index (χ0v) is 26.1. The molecule has 0 aromatic carbocycles. The molecule has 0 aliphatic carbocycles. The molecule has 11 atom stereocenters. The highest BCUT2D eigenvalue weighted by molar-refractivity contribution is 5.87. The number of alkyl halides is 1. The van der Waals surface area contributed by atoms with Gasteiger partial charge in [-0.3, -0.25) is 15.0 Å². The Kier molecular flexibility index (Phi) is 9.45. The number of hydrogen-bond donors (Lipinski definition) is 5. The molecule has 6 aliphatic rings. The number of carbonyl (C=O) groups excluding carboxylic acids is 2. The lowest BCUT2D eigenvalue weighted by molar-refractivity contribution is -0.138. The standard InChI is InChI=1S/C30H49FN10O3/c1-5-24(42)39-15-18(4)38(16-19(39)7-9-32)28-20-13-21(31)26-22-14-34-37-40(22)11-6-12-44-23-8-10-33-25(17(2)3)27(23)41(29(20)35-26)30(43)36-28/h5,17-23,25-29,33-35,37H,1,6-8,10-16H2,2-4H3,(H,36,43). The number of nitriles is 1. The quantitative estimate of drug-likeness (QED) is 0.271. The normalized spacial score (nSPS) is 41.9. The van der Waals surface area contributed by atoms with E-state index in [2.05, 4.69) is 63.3 Å². The fourth-order valence-electron chi connectivity index (χ4n) is 8.64. The van der Waals surface area contributed by atoms with Crippen LogP contribution >= 0.6 is 0 Å². The van der Waals surface area contributed by atoms with Gasteiger partial charge in [-0.15, -0.1) is 0 Å². The van der Waals surface area contributed by atoms with Gasteiger partial charge in [0.15, 0.2) is 0 Å². The number of fused-ring (bicyclic) bond motifs is 5. The Morgan fingerprint density at radius 1 is 1.30 bits per heavy atom. The summed E-state index contributed by atoms with van der Waals surface area (Å²) in [5.41, 5.74) is 6.42. The van der Waals surface area contributed by atoms with Crippen molar-refractivity contribution in [3.8, 4) is 6.07 Å². The Labute approximate surface area is 259 Å². The highest BCUT2D eigenvalue weighted by atomic mass is 19.1. The maximum atomic E-state index is 16.5. The first kappa shape index (κ1) is 31.6. The molecule has 6 fully saturated rings. The zero-order chi connectivity index (χ0) is 31.1. The Morgan fingerprint density at radius 3 is 2.86 bits per heavy atom. The molecule has 44 heavy (non-hydrogen) atoms. The number of piperidine rings is 2. The van der Waals surface area contributed by atoms with Crippen LogP contribution in [0.5, 0.6) is 0 Å². The number of urea groups is 1. The summed E-state index contributed by atoms with van der Waals surface area (Å²) in [5, 5.41) is 22.4. The van der Waals surface area contributed by atoms with Crippen LogP contribution in [0.1, 0.15) is 46.5 Å². The number of ether oxygens (including phenoxy) is 1. The number of piperazine rings is 1. The van der Waals surface area contributed by atoms with Crippen LogP contribution in [0.4, 0.5) is 9.18 Å². The van der Waals surface area contributed by atoms with Gasteiger partial charge in [0.1, 0.15) is 6.17 Å². The molecule has 6 heterocycles. The molecule has 3 amide bonds. The summed E-state index contributed by atoms with van der Waals surface area (Å²) in [4.78, 5) is 33.0. The molecule has 6 aliphatic heterocycles. The lowest BCUT2D eigenvalue weighted by Crippen LogP contribution is -2.81. The Balaban J connectivity index is 1.37. The van der Waals surface area contributed by atoms with Crippen molar-refractivity contribution in [3.05, 3.63) is 12.7 Å². The lowest BCUT2D eigenvalue weighted by Gasteiger charge is -2.60. The van der Waals surface area contributed by atoms with Gasteiger partial charge in [-0.05, 0) is 44.7 Å². The van der Waals surface area contributed by atoms with Crippen molar-refractivity contribution in [2.24, 2.45) is 11.8 Å². The number of amides is 3. The van der Waals surface area contributed by atoms with E-state index in [0.717, 1.165) is 25.9 Å². The fraction of sp³-hybridized carbons (Fsp3) is 0.833. The zero-order valence-electron chi connectivity index (χ0n) is 26.1. The highest BCUT2D eigenvalue weighted by Crippen LogP contribution is 2.39. The molecule has 0 spiro atoms.